The van der Waals surface area contributed by atoms with Gasteiger partial charge in [0.05, 0.1) is 23.2 Å². The van der Waals surface area contributed by atoms with Crippen LogP contribution in [0.15, 0.2) is 6.20 Å². The number of likely N-dealkylation sites (tertiary alicyclic amines) is 1. The number of hydrogen-bond donors (Lipinski definition) is 1. The van der Waals surface area contributed by atoms with E-state index < -0.39 is 10.0 Å². The van der Waals surface area contributed by atoms with Crippen molar-refractivity contribution in [1.82, 2.24) is 19.4 Å². The Morgan fingerprint density at radius 2 is 2.13 bits per heavy atom. The molecule has 1 amide bonds. The summed E-state index contributed by atoms with van der Waals surface area (Å²) in [5, 5.41) is 6.90. The molecule has 0 spiro atoms. The van der Waals surface area contributed by atoms with Crippen molar-refractivity contribution >= 4 is 15.9 Å². The minimum absolute atomic E-state index is 0.0521. The van der Waals surface area contributed by atoms with Crippen LogP contribution in [0.3, 0.4) is 0 Å². The van der Waals surface area contributed by atoms with Gasteiger partial charge in [0.15, 0.2) is 0 Å². The number of aromatic amines is 1. The normalized spacial score (nSPS) is 25.2. The van der Waals surface area contributed by atoms with Crippen LogP contribution in [0.1, 0.15) is 55.1 Å². The van der Waals surface area contributed by atoms with Crippen molar-refractivity contribution in [1.29, 1.82) is 0 Å². The third kappa shape index (κ3) is 3.14. The summed E-state index contributed by atoms with van der Waals surface area (Å²) in [6, 6.07) is -0.0883. The van der Waals surface area contributed by atoms with Crippen molar-refractivity contribution in [3.8, 4) is 0 Å². The molecule has 1 aromatic rings. The van der Waals surface area contributed by atoms with E-state index in [1.807, 2.05) is 13.8 Å². The van der Waals surface area contributed by atoms with Crippen molar-refractivity contribution in [3.63, 3.8) is 0 Å². The summed E-state index contributed by atoms with van der Waals surface area (Å²) in [7, 11) is -3.13. The Kier molecular flexibility index (Phi) is 4.46. The summed E-state index contributed by atoms with van der Waals surface area (Å²) in [6.07, 6.45) is 3.92. The van der Waals surface area contributed by atoms with E-state index in [-0.39, 0.29) is 23.6 Å². The summed E-state index contributed by atoms with van der Waals surface area (Å²) >= 11 is 0. The van der Waals surface area contributed by atoms with E-state index in [9.17, 15) is 13.2 Å². The van der Waals surface area contributed by atoms with E-state index in [1.54, 1.807) is 15.4 Å². The van der Waals surface area contributed by atoms with E-state index in [0.717, 1.165) is 18.5 Å². The molecule has 1 N–H and O–H groups in total. The molecule has 3 heterocycles. The first-order chi connectivity index (χ1) is 10.9. The highest BCUT2D eigenvalue weighted by Crippen LogP contribution is 2.26. The minimum Gasteiger partial charge on any atom is -0.337 e. The summed E-state index contributed by atoms with van der Waals surface area (Å²) in [5.41, 5.74) is 1.44. The minimum atomic E-state index is -3.13. The monoisotopic (exact) mass is 340 g/mol. The Labute approximate surface area is 137 Å². The van der Waals surface area contributed by atoms with Gasteiger partial charge in [0.2, 0.25) is 10.0 Å². The molecule has 0 radical (unpaired) electrons. The van der Waals surface area contributed by atoms with E-state index in [2.05, 4.69) is 10.2 Å². The highest BCUT2D eigenvalue weighted by atomic mass is 32.2. The average molecular weight is 340 g/mol. The van der Waals surface area contributed by atoms with Gasteiger partial charge in [-0.25, -0.2) is 8.42 Å². The summed E-state index contributed by atoms with van der Waals surface area (Å²) in [5.74, 6) is 0.371. The lowest BCUT2D eigenvalue weighted by atomic mass is 10.0. The standard InChI is InChI=1S/C15H24N4O3S/c1-11(2)14-13(9-16-17-14)15(20)18-6-3-5-12(10-18)19-7-4-8-23(19,21)22/h9,11-12H,3-8,10H2,1-2H3,(H,16,17)/t12-/m0/s1. The molecule has 2 aliphatic heterocycles. The number of amides is 1. The van der Waals surface area contributed by atoms with Gasteiger partial charge in [-0.15, -0.1) is 0 Å². The fourth-order valence-electron chi connectivity index (χ4n) is 3.52. The van der Waals surface area contributed by atoms with Crippen LogP contribution in [0.25, 0.3) is 0 Å². The Hall–Kier alpha value is -1.41. The second-order valence-corrected chi connectivity index (χ2v) is 8.72. The quantitative estimate of drug-likeness (QED) is 0.895. The smallest absolute Gasteiger partial charge is 0.257 e. The van der Waals surface area contributed by atoms with Gasteiger partial charge in [-0.1, -0.05) is 13.8 Å². The van der Waals surface area contributed by atoms with Gasteiger partial charge in [-0.2, -0.15) is 9.40 Å². The second kappa shape index (κ2) is 6.24. The summed E-state index contributed by atoms with van der Waals surface area (Å²) in [6.45, 7) is 5.75. The summed E-state index contributed by atoms with van der Waals surface area (Å²) < 4.78 is 25.8. The largest absolute Gasteiger partial charge is 0.337 e. The molecule has 1 atom stereocenters. The van der Waals surface area contributed by atoms with Gasteiger partial charge in [0.25, 0.3) is 5.91 Å². The zero-order valence-electron chi connectivity index (χ0n) is 13.7. The Balaban J connectivity index is 1.76. The molecular weight excluding hydrogens is 316 g/mol. The number of aromatic nitrogens is 2. The molecule has 7 nitrogen and oxygen atoms in total. The van der Waals surface area contributed by atoms with Crippen molar-refractivity contribution in [2.24, 2.45) is 0 Å². The molecule has 0 aliphatic carbocycles. The number of nitrogens with zero attached hydrogens (tertiary/aromatic N) is 3. The molecule has 0 bridgehead atoms. The zero-order valence-corrected chi connectivity index (χ0v) is 14.5. The first-order valence-corrected chi connectivity index (χ1v) is 9.83. The fraction of sp³-hybridized carbons (Fsp3) is 0.733. The topological polar surface area (TPSA) is 86.4 Å². The molecule has 128 valence electrons. The van der Waals surface area contributed by atoms with E-state index in [0.29, 0.717) is 31.6 Å². The molecule has 2 saturated heterocycles. The van der Waals surface area contributed by atoms with Crippen LogP contribution in [0.2, 0.25) is 0 Å². The second-order valence-electron chi connectivity index (χ2n) is 6.68. The zero-order chi connectivity index (χ0) is 16.6. The molecule has 2 fully saturated rings. The lowest BCUT2D eigenvalue weighted by molar-refractivity contribution is 0.0657. The Morgan fingerprint density at radius 1 is 1.35 bits per heavy atom. The fourth-order valence-corrected chi connectivity index (χ4v) is 5.28. The maximum absolute atomic E-state index is 12.8. The lowest BCUT2D eigenvalue weighted by Gasteiger charge is -2.36. The number of carbonyl (C=O) groups is 1. The molecule has 0 saturated carbocycles. The SMILES string of the molecule is CC(C)c1[nH]ncc1C(=O)N1CCC[C@H](N2CCCS2(=O)=O)C1. The predicted molar refractivity (Wildman–Crippen MR) is 86.7 cm³/mol. The van der Waals surface area contributed by atoms with Crippen molar-refractivity contribution in [3.05, 3.63) is 17.5 Å². The van der Waals surface area contributed by atoms with E-state index in [4.69, 9.17) is 0 Å². The van der Waals surface area contributed by atoms with Crippen molar-refractivity contribution in [2.75, 3.05) is 25.4 Å². The number of sulfonamides is 1. The first kappa shape index (κ1) is 16.4. The molecule has 8 heteroatoms. The molecule has 0 aromatic carbocycles. The van der Waals surface area contributed by atoms with Gasteiger partial charge >= 0.3 is 0 Å². The van der Waals surface area contributed by atoms with Crippen molar-refractivity contribution < 1.29 is 13.2 Å². The van der Waals surface area contributed by atoms with Crippen LogP contribution in [0, 0.1) is 0 Å². The van der Waals surface area contributed by atoms with Gasteiger partial charge in [-0.3, -0.25) is 9.89 Å². The van der Waals surface area contributed by atoms with E-state index >= 15 is 0 Å². The molecule has 23 heavy (non-hydrogen) atoms. The number of nitrogens with one attached hydrogen (secondary N) is 1. The van der Waals surface area contributed by atoms with Crippen LogP contribution < -0.4 is 0 Å². The number of piperidine rings is 1. The maximum atomic E-state index is 12.8. The number of rotatable bonds is 3. The van der Waals surface area contributed by atoms with E-state index in [1.165, 1.54) is 0 Å². The lowest BCUT2D eigenvalue weighted by Crippen LogP contribution is -2.50. The number of hydrogen-bond acceptors (Lipinski definition) is 4. The highest BCUT2D eigenvalue weighted by Gasteiger charge is 2.38. The van der Waals surface area contributed by atoms with Gasteiger partial charge < -0.3 is 4.90 Å². The molecule has 0 unspecified atom stereocenters. The van der Waals surface area contributed by atoms with Crippen LogP contribution in [-0.2, 0) is 10.0 Å². The highest BCUT2D eigenvalue weighted by molar-refractivity contribution is 7.89. The van der Waals surface area contributed by atoms with Gasteiger partial charge in [-0.05, 0) is 25.2 Å². The number of carbonyl (C=O) groups excluding carboxylic acids is 1. The first-order valence-electron chi connectivity index (χ1n) is 8.22. The Morgan fingerprint density at radius 3 is 2.78 bits per heavy atom. The van der Waals surface area contributed by atoms with Crippen molar-refractivity contribution in [2.45, 2.75) is 45.1 Å². The van der Waals surface area contributed by atoms with Gasteiger partial charge in [0, 0.05) is 25.7 Å². The molecule has 1 aromatic heterocycles. The van der Waals surface area contributed by atoms with Crippen LogP contribution in [-0.4, -0.2) is 65.2 Å². The predicted octanol–water partition coefficient (Wildman–Crippen LogP) is 1.17. The third-order valence-electron chi connectivity index (χ3n) is 4.71. The molecule has 2 aliphatic rings. The third-order valence-corrected chi connectivity index (χ3v) is 6.71. The van der Waals surface area contributed by atoms with Crippen LogP contribution in [0.5, 0.6) is 0 Å². The maximum Gasteiger partial charge on any atom is 0.257 e. The van der Waals surface area contributed by atoms with Crippen LogP contribution >= 0.6 is 0 Å². The van der Waals surface area contributed by atoms with Crippen LogP contribution in [0.4, 0.5) is 0 Å². The molecular formula is C15H24N4O3S. The van der Waals surface area contributed by atoms with Gasteiger partial charge in [0.1, 0.15) is 0 Å². The number of H-pyrrole nitrogens is 1. The molecule has 3 rings (SSSR count). The average Bonchev–Trinajstić information content (AvgIpc) is 3.12. The summed E-state index contributed by atoms with van der Waals surface area (Å²) in [4.78, 5) is 14.6. The Bertz CT molecular complexity index is 683.